The van der Waals surface area contributed by atoms with E-state index in [4.69, 9.17) is 0 Å². The zero-order valence-electron chi connectivity index (χ0n) is 37.7. The van der Waals surface area contributed by atoms with E-state index in [1.54, 1.807) is 6.08 Å². The minimum absolute atomic E-state index is 0.0773. The van der Waals surface area contributed by atoms with Crippen molar-refractivity contribution in [2.24, 2.45) is 0 Å². The molecule has 0 aliphatic rings. The second kappa shape index (κ2) is 47.7. The lowest BCUT2D eigenvalue weighted by Crippen LogP contribution is -2.45. The van der Waals surface area contributed by atoms with Crippen molar-refractivity contribution in [1.82, 2.24) is 5.32 Å². The Bertz CT molecular complexity index is 893. The van der Waals surface area contributed by atoms with Crippen LogP contribution in [0.25, 0.3) is 0 Å². The van der Waals surface area contributed by atoms with Gasteiger partial charge in [-0.15, -0.1) is 0 Å². The number of unbranched alkanes of at least 4 members (excludes halogenated alkanes) is 32. The number of hydrogen-bond donors (Lipinski definition) is 3. The smallest absolute Gasteiger partial charge is 0.220 e. The normalized spacial score (nSPS) is 13.3. The van der Waals surface area contributed by atoms with Gasteiger partial charge in [-0.05, 0) is 70.6 Å². The van der Waals surface area contributed by atoms with Crippen molar-refractivity contribution in [1.29, 1.82) is 0 Å². The third-order valence-corrected chi connectivity index (χ3v) is 11.3. The summed E-state index contributed by atoms with van der Waals surface area (Å²) in [5, 5.41) is 23.0. The van der Waals surface area contributed by atoms with Gasteiger partial charge in [0, 0.05) is 6.42 Å². The van der Waals surface area contributed by atoms with Gasteiger partial charge in [-0.3, -0.25) is 4.79 Å². The van der Waals surface area contributed by atoms with Crippen LogP contribution in [0.5, 0.6) is 0 Å². The lowest BCUT2D eigenvalue weighted by Gasteiger charge is -2.19. The largest absolute Gasteiger partial charge is 0.394 e. The zero-order chi connectivity index (χ0) is 40.7. The fourth-order valence-electron chi connectivity index (χ4n) is 7.44. The van der Waals surface area contributed by atoms with Crippen molar-refractivity contribution in [2.75, 3.05) is 6.61 Å². The summed E-state index contributed by atoms with van der Waals surface area (Å²) in [6.07, 6.45) is 65.4. The Morgan fingerprint density at radius 2 is 0.696 bits per heavy atom. The molecule has 0 spiro atoms. The van der Waals surface area contributed by atoms with Crippen molar-refractivity contribution < 1.29 is 15.0 Å². The van der Waals surface area contributed by atoms with Crippen LogP contribution in [0.15, 0.2) is 48.6 Å². The maximum Gasteiger partial charge on any atom is 0.220 e. The Morgan fingerprint density at radius 3 is 1.04 bits per heavy atom. The van der Waals surface area contributed by atoms with E-state index < -0.39 is 12.1 Å². The molecule has 2 unspecified atom stereocenters. The Balaban J connectivity index is 3.52. The monoisotopic (exact) mass is 784 g/mol. The van der Waals surface area contributed by atoms with Gasteiger partial charge < -0.3 is 15.5 Å². The maximum absolute atomic E-state index is 12.4. The minimum atomic E-state index is -0.869. The molecular formula is C52H97NO3. The van der Waals surface area contributed by atoms with Gasteiger partial charge in [-0.2, -0.15) is 0 Å². The lowest BCUT2D eigenvalue weighted by atomic mass is 10.0. The van der Waals surface area contributed by atoms with Gasteiger partial charge in [-0.1, -0.05) is 229 Å². The highest BCUT2D eigenvalue weighted by atomic mass is 16.3. The third kappa shape index (κ3) is 43.5. The van der Waals surface area contributed by atoms with Crippen molar-refractivity contribution in [3.8, 4) is 0 Å². The molecule has 328 valence electrons. The van der Waals surface area contributed by atoms with Crippen LogP contribution < -0.4 is 5.32 Å². The van der Waals surface area contributed by atoms with Crippen LogP contribution in [0.1, 0.15) is 258 Å². The number of allylic oxidation sites excluding steroid dienone is 7. The molecular weight excluding hydrogens is 687 g/mol. The summed E-state index contributed by atoms with van der Waals surface area (Å²) in [4.78, 5) is 12.4. The second-order valence-corrected chi connectivity index (χ2v) is 16.9. The first-order valence-electron chi connectivity index (χ1n) is 24.9. The molecule has 0 saturated carbocycles. The van der Waals surface area contributed by atoms with E-state index in [0.717, 1.165) is 38.5 Å². The van der Waals surface area contributed by atoms with Crippen LogP contribution in [-0.4, -0.2) is 34.9 Å². The van der Waals surface area contributed by atoms with E-state index >= 15 is 0 Å². The Labute approximate surface area is 350 Å². The first-order chi connectivity index (χ1) is 27.7. The fourth-order valence-corrected chi connectivity index (χ4v) is 7.44. The highest BCUT2D eigenvalue weighted by molar-refractivity contribution is 5.76. The number of carbonyl (C=O) groups is 1. The first kappa shape index (κ1) is 54.3. The molecule has 0 radical (unpaired) electrons. The summed E-state index contributed by atoms with van der Waals surface area (Å²) < 4.78 is 0. The predicted octanol–water partition coefficient (Wildman–Crippen LogP) is 15.9. The number of carbonyl (C=O) groups excluding carboxylic acids is 1. The number of hydrogen-bond acceptors (Lipinski definition) is 3. The van der Waals surface area contributed by atoms with Crippen molar-refractivity contribution in [3.05, 3.63) is 48.6 Å². The summed E-state index contributed by atoms with van der Waals surface area (Å²) in [6, 6.07) is -0.645. The molecule has 0 rings (SSSR count). The molecule has 0 saturated heterocycles. The van der Waals surface area contributed by atoms with E-state index in [1.165, 1.54) is 199 Å². The summed E-state index contributed by atoms with van der Waals surface area (Å²) in [5.74, 6) is -0.0773. The molecule has 0 aromatic heterocycles. The van der Waals surface area contributed by atoms with Crippen LogP contribution in [-0.2, 0) is 4.79 Å². The average molecular weight is 784 g/mol. The number of aliphatic hydroxyl groups excluding tert-OH is 2. The van der Waals surface area contributed by atoms with Crippen LogP contribution in [0, 0.1) is 0 Å². The van der Waals surface area contributed by atoms with Gasteiger partial charge in [0.25, 0.3) is 0 Å². The molecule has 0 fully saturated rings. The van der Waals surface area contributed by atoms with Gasteiger partial charge >= 0.3 is 0 Å². The number of aliphatic hydroxyl groups is 2. The number of amides is 1. The summed E-state index contributed by atoms with van der Waals surface area (Å²) >= 11 is 0. The minimum Gasteiger partial charge on any atom is -0.394 e. The van der Waals surface area contributed by atoms with Gasteiger partial charge in [0.05, 0.1) is 18.8 Å². The van der Waals surface area contributed by atoms with Crippen LogP contribution in [0.3, 0.4) is 0 Å². The quantitative estimate of drug-likeness (QED) is 0.0425. The average Bonchev–Trinajstić information content (AvgIpc) is 3.20. The van der Waals surface area contributed by atoms with E-state index in [9.17, 15) is 15.0 Å². The SMILES string of the molecule is CCCCCCC/C=C/CC/C=C/CC/C=C/C(O)C(CO)NC(=O)CCCCCCCCCCCCCCC/C=C\CCCCCCCCCCCCCC. The van der Waals surface area contributed by atoms with Crippen molar-refractivity contribution >= 4 is 5.91 Å². The first-order valence-corrected chi connectivity index (χ1v) is 24.9. The van der Waals surface area contributed by atoms with Gasteiger partial charge in [0.15, 0.2) is 0 Å². The summed E-state index contributed by atoms with van der Waals surface area (Å²) in [5.41, 5.74) is 0. The standard InChI is InChI=1S/C52H97NO3/c1-3-5-7-9-11-13-15-17-19-20-21-22-23-24-25-26-27-28-29-30-31-32-34-36-38-40-42-44-46-48-52(56)53-50(49-54)51(55)47-45-43-41-39-37-35-33-18-16-14-12-10-8-6-4-2/h16,18,24-25,37,39,45,47,50-51,54-55H,3-15,17,19-23,26-36,38,40-44,46,48-49H2,1-2H3,(H,53,56)/b18-16+,25-24-,39-37+,47-45+. The van der Waals surface area contributed by atoms with Crippen LogP contribution in [0.4, 0.5) is 0 Å². The van der Waals surface area contributed by atoms with E-state index in [0.29, 0.717) is 6.42 Å². The fraction of sp³-hybridized carbons (Fsp3) is 0.827. The molecule has 0 aromatic carbocycles. The predicted molar refractivity (Wildman–Crippen MR) is 248 cm³/mol. The van der Waals surface area contributed by atoms with E-state index in [2.05, 4.69) is 55.6 Å². The molecule has 4 nitrogen and oxygen atoms in total. The van der Waals surface area contributed by atoms with E-state index in [-0.39, 0.29) is 12.5 Å². The van der Waals surface area contributed by atoms with Crippen molar-refractivity contribution in [2.45, 2.75) is 270 Å². The van der Waals surface area contributed by atoms with Crippen LogP contribution >= 0.6 is 0 Å². The maximum atomic E-state index is 12.4. The molecule has 0 aromatic rings. The molecule has 0 aliphatic carbocycles. The molecule has 0 heterocycles. The topological polar surface area (TPSA) is 69.6 Å². The lowest BCUT2D eigenvalue weighted by molar-refractivity contribution is -0.123. The number of rotatable bonds is 45. The molecule has 0 aliphatic heterocycles. The van der Waals surface area contributed by atoms with Crippen molar-refractivity contribution in [3.63, 3.8) is 0 Å². The summed E-state index contributed by atoms with van der Waals surface area (Å²) in [7, 11) is 0. The molecule has 1 amide bonds. The molecule has 2 atom stereocenters. The van der Waals surface area contributed by atoms with E-state index in [1.807, 2.05) is 6.08 Å². The molecule has 0 bridgehead atoms. The Morgan fingerprint density at radius 1 is 0.411 bits per heavy atom. The van der Waals surface area contributed by atoms with Gasteiger partial charge in [0.1, 0.15) is 0 Å². The summed E-state index contributed by atoms with van der Waals surface area (Å²) in [6.45, 7) is 4.29. The Kier molecular flexibility index (Phi) is 46.3. The zero-order valence-corrected chi connectivity index (χ0v) is 37.7. The van der Waals surface area contributed by atoms with Gasteiger partial charge in [-0.25, -0.2) is 0 Å². The molecule has 56 heavy (non-hydrogen) atoms. The highest BCUT2D eigenvalue weighted by Crippen LogP contribution is 2.15. The third-order valence-electron chi connectivity index (χ3n) is 11.3. The highest BCUT2D eigenvalue weighted by Gasteiger charge is 2.17. The van der Waals surface area contributed by atoms with Gasteiger partial charge in [0.2, 0.25) is 5.91 Å². The molecule has 3 N–H and O–H groups in total. The second-order valence-electron chi connectivity index (χ2n) is 16.9. The van der Waals surface area contributed by atoms with Crippen LogP contribution in [0.2, 0.25) is 0 Å². The molecule has 4 heteroatoms. The number of nitrogens with one attached hydrogen (secondary N) is 1. The Hall–Kier alpha value is -1.65.